The highest BCUT2D eigenvalue weighted by atomic mass is 16.5. The molecule has 2 unspecified atom stereocenters. The van der Waals surface area contributed by atoms with Crippen LogP contribution in [0.5, 0.6) is 5.75 Å². The second kappa shape index (κ2) is 4.47. The number of aliphatic hydroxyl groups excluding tert-OH is 1. The molecule has 1 heterocycles. The maximum atomic E-state index is 10.0. The Bertz CT molecular complexity index is 444. The first-order valence-corrected chi connectivity index (χ1v) is 6.82. The van der Waals surface area contributed by atoms with Crippen molar-refractivity contribution in [3.63, 3.8) is 0 Å². The third-order valence-corrected chi connectivity index (χ3v) is 4.40. The highest BCUT2D eigenvalue weighted by Gasteiger charge is 2.39. The molecule has 18 heavy (non-hydrogen) atoms. The lowest BCUT2D eigenvalue weighted by atomic mass is 10.0. The molecule has 1 aliphatic carbocycles. The van der Waals surface area contributed by atoms with Gasteiger partial charge in [0.1, 0.15) is 5.75 Å². The van der Waals surface area contributed by atoms with Crippen molar-refractivity contribution in [2.75, 3.05) is 18.6 Å². The second-order valence-corrected chi connectivity index (χ2v) is 5.55. The van der Waals surface area contributed by atoms with Gasteiger partial charge in [-0.15, -0.1) is 0 Å². The van der Waals surface area contributed by atoms with E-state index in [9.17, 15) is 5.11 Å². The zero-order valence-electron chi connectivity index (χ0n) is 11.1. The van der Waals surface area contributed by atoms with Gasteiger partial charge in [-0.05, 0) is 44.2 Å². The topological polar surface area (TPSA) is 32.7 Å². The summed E-state index contributed by atoms with van der Waals surface area (Å²) in [5, 5.41) is 10.0. The van der Waals surface area contributed by atoms with E-state index in [4.69, 9.17) is 4.74 Å². The van der Waals surface area contributed by atoms with E-state index in [2.05, 4.69) is 11.0 Å². The van der Waals surface area contributed by atoms with Crippen molar-refractivity contribution >= 4 is 5.69 Å². The first kappa shape index (κ1) is 11.8. The van der Waals surface area contributed by atoms with Gasteiger partial charge in [-0.3, -0.25) is 0 Å². The minimum Gasteiger partial charge on any atom is -0.496 e. The van der Waals surface area contributed by atoms with E-state index in [1.54, 1.807) is 7.11 Å². The van der Waals surface area contributed by atoms with E-state index in [1.165, 1.54) is 19.3 Å². The first-order chi connectivity index (χ1) is 8.70. The molecule has 0 amide bonds. The SMILES string of the molecule is COc1cccc(N2CC3CCC2C3)c1[C@H](C)O. The Morgan fingerprint density at radius 3 is 2.78 bits per heavy atom. The third-order valence-electron chi connectivity index (χ3n) is 4.40. The molecule has 1 aromatic rings. The fourth-order valence-corrected chi connectivity index (χ4v) is 3.60. The van der Waals surface area contributed by atoms with Crippen molar-refractivity contribution in [2.24, 2.45) is 5.92 Å². The summed E-state index contributed by atoms with van der Waals surface area (Å²) in [6.45, 7) is 2.95. The molecule has 3 heteroatoms. The summed E-state index contributed by atoms with van der Waals surface area (Å²) in [7, 11) is 1.67. The molecule has 3 atom stereocenters. The van der Waals surface area contributed by atoms with Crippen LogP contribution in [0, 0.1) is 5.92 Å². The van der Waals surface area contributed by atoms with E-state index < -0.39 is 6.10 Å². The molecule has 2 aliphatic rings. The fraction of sp³-hybridized carbons (Fsp3) is 0.600. The summed E-state index contributed by atoms with van der Waals surface area (Å²) >= 11 is 0. The van der Waals surface area contributed by atoms with Crippen molar-refractivity contribution < 1.29 is 9.84 Å². The number of piperidine rings is 1. The zero-order valence-corrected chi connectivity index (χ0v) is 11.1. The number of fused-ring (bicyclic) bond motifs is 2. The fourth-order valence-electron chi connectivity index (χ4n) is 3.60. The highest BCUT2D eigenvalue weighted by Crippen LogP contribution is 2.44. The molecule has 0 spiro atoms. The van der Waals surface area contributed by atoms with Crippen molar-refractivity contribution in [3.8, 4) is 5.75 Å². The van der Waals surface area contributed by atoms with E-state index in [1.807, 2.05) is 19.1 Å². The Labute approximate surface area is 108 Å². The van der Waals surface area contributed by atoms with Crippen LogP contribution in [0.15, 0.2) is 18.2 Å². The molecule has 0 aromatic heterocycles. The minimum atomic E-state index is -0.490. The maximum absolute atomic E-state index is 10.0. The van der Waals surface area contributed by atoms with Gasteiger partial charge >= 0.3 is 0 Å². The molecular weight excluding hydrogens is 226 g/mol. The first-order valence-electron chi connectivity index (χ1n) is 6.82. The molecule has 1 aliphatic heterocycles. The maximum Gasteiger partial charge on any atom is 0.126 e. The summed E-state index contributed by atoms with van der Waals surface area (Å²) in [4.78, 5) is 2.47. The van der Waals surface area contributed by atoms with Gasteiger partial charge in [-0.1, -0.05) is 6.07 Å². The van der Waals surface area contributed by atoms with Crippen LogP contribution in [0.1, 0.15) is 37.9 Å². The average molecular weight is 247 g/mol. The molecule has 0 radical (unpaired) electrons. The Hall–Kier alpha value is -1.22. The van der Waals surface area contributed by atoms with Gasteiger partial charge in [0.25, 0.3) is 0 Å². The van der Waals surface area contributed by atoms with Crippen molar-refractivity contribution in [3.05, 3.63) is 23.8 Å². The predicted octanol–water partition coefficient (Wildman–Crippen LogP) is 2.74. The smallest absolute Gasteiger partial charge is 0.126 e. The van der Waals surface area contributed by atoms with Crippen molar-refractivity contribution in [2.45, 2.75) is 38.3 Å². The molecule has 1 aromatic carbocycles. The quantitative estimate of drug-likeness (QED) is 0.891. The largest absolute Gasteiger partial charge is 0.496 e. The number of hydrogen-bond donors (Lipinski definition) is 1. The van der Waals surface area contributed by atoms with Crippen LogP contribution in [0.4, 0.5) is 5.69 Å². The Morgan fingerprint density at radius 1 is 1.39 bits per heavy atom. The van der Waals surface area contributed by atoms with Crippen LogP contribution >= 0.6 is 0 Å². The van der Waals surface area contributed by atoms with E-state index >= 15 is 0 Å². The highest BCUT2D eigenvalue weighted by molar-refractivity contribution is 5.62. The van der Waals surface area contributed by atoms with Crippen LogP contribution in [0.3, 0.4) is 0 Å². The molecule has 2 bridgehead atoms. The average Bonchev–Trinajstić information content (AvgIpc) is 2.99. The molecule has 98 valence electrons. The Kier molecular flexibility index (Phi) is 2.94. The molecule has 1 N–H and O–H groups in total. The number of aliphatic hydroxyl groups is 1. The van der Waals surface area contributed by atoms with Gasteiger partial charge in [-0.2, -0.15) is 0 Å². The van der Waals surface area contributed by atoms with E-state index in [-0.39, 0.29) is 0 Å². The summed E-state index contributed by atoms with van der Waals surface area (Å²) in [6.07, 6.45) is 3.49. The van der Waals surface area contributed by atoms with Crippen LogP contribution in [0.2, 0.25) is 0 Å². The number of rotatable bonds is 3. The van der Waals surface area contributed by atoms with Crippen molar-refractivity contribution in [1.82, 2.24) is 0 Å². The zero-order chi connectivity index (χ0) is 12.7. The monoisotopic (exact) mass is 247 g/mol. The summed E-state index contributed by atoms with van der Waals surface area (Å²) < 4.78 is 5.40. The molecule has 3 nitrogen and oxygen atoms in total. The number of benzene rings is 1. The Balaban J connectivity index is 2.01. The van der Waals surface area contributed by atoms with Gasteiger partial charge in [0, 0.05) is 23.8 Å². The van der Waals surface area contributed by atoms with Crippen LogP contribution in [-0.2, 0) is 0 Å². The predicted molar refractivity (Wildman–Crippen MR) is 72.1 cm³/mol. The minimum absolute atomic E-state index is 0.490. The van der Waals surface area contributed by atoms with Gasteiger partial charge in [-0.25, -0.2) is 0 Å². The van der Waals surface area contributed by atoms with Gasteiger partial charge < -0.3 is 14.7 Å². The lowest BCUT2D eigenvalue weighted by Crippen LogP contribution is -2.32. The normalized spacial score (nSPS) is 27.6. The molecular formula is C15H21NO2. The van der Waals surface area contributed by atoms with Gasteiger partial charge in [0.2, 0.25) is 0 Å². The number of hydrogen-bond acceptors (Lipinski definition) is 3. The molecule has 2 fully saturated rings. The summed E-state index contributed by atoms with van der Waals surface area (Å²) in [6, 6.07) is 6.73. The lowest BCUT2D eigenvalue weighted by Gasteiger charge is -2.32. The van der Waals surface area contributed by atoms with E-state index in [0.29, 0.717) is 6.04 Å². The van der Waals surface area contributed by atoms with Crippen molar-refractivity contribution in [1.29, 1.82) is 0 Å². The summed E-state index contributed by atoms with van der Waals surface area (Å²) in [5.41, 5.74) is 2.10. The molecule has 1 saturated heterocycles. The van der Waals surface area contributed by atoms with E-state index in [0.717, 1.165) is 29.5 Å². The van der Waals surface area contributed by atoms with Gasteiger partial charge in [0.15, 0.2) is 0 Å². The molecule has 3 rings (SSSR count). The standard InChI is InChI=1S/C15H21NO2/c1-10(17)15-13(4-3-5-14(15)18-2)16-9-11-6-7-12(16)8-11/h3-5,10-12,17H,6-9H2,1-2H3/t10-,11?,12?/m0/s1. The summed E-state index contributed by atoms with van der Waals surface area (Å²) in [5.74, 6) is 1.65. The molecule has 1 saturated carbocycles. The number of nitrogens with zero attached hydrogens (tertiary/aromatic N) is 1. The van der Waals surface area contributed by atoms with Crippen LogP contribution in [0.25, 0.3) is 0 Å². The number of anilines is 1. The van der Waals surface area contributed by atoms with Crippen LogP contribution in [-0.4, -0.2) is 24.8 Å². The number of methoxy groups -OCH3 is 1. The third kappa shape index (κ3) is 1.77. The van der Waals surface area contributed by atoms with Crippen LogP contribution < -0.4 is 9.64 Å². The Morgan fingerprint density at radius 2 is 2.22 bits per heavy atom. The lowest BCUT2D eigenvalue weighted by molar-refractivity contribution is 0.194. The van der Waals surface area contributed by atoms with Gasteiger partial charge in [0.05, 0.1) is 13.2 Å². The second-order valence-electron chi connectivity index (χ2n) is 5.55. The number of ether oxygens (including phenoxy) is 1.